The fourth-order valence-electron chi connectivity index (χ4n) is 2.95. The van der Waals surface area contributed by atoms with E-state index in [-0.39, 0.29) is 16.5 Å². The van der Waals surface area contributed by atoms with Crippen molar-refractivity contribution in [1.29, 1.82) is 0 Å². The van der Waals surface area contributed by atoms with E-state index in [0.717, 1.165) is 20.3 Å². The van der Waals surface area contributed by atoms with Crippen molar-refractivity contribution < 1.29 is 4.92 Å². The first-order valence-electron chi connectivity index (χ1n) is 8.56. The lowest BCUT2D eigenvalue weighted by atomic mass is 10.2. The number of benzene rings is 3. The summed E-state index contributed by atoms with van der Waals surface area (Å²) in [7, 11) is 0. The van der Waals surface area contributed by atoms with Crippen molar-refractivity contribution in [3.63, 3.8) is 0 Å². The summed E-state index contributed by atoms with van der Waals surface area (Å²) in [5.41, 5.74) is 8.32. The summed E-state index contributed by atoms with van der Waals surface area (Å²) >= 11 is 13.0. The Morgan fingerprint density at radius 3 is 1.90 bits per heavy atom. The second-order valence-electron chi connectivity index (χ2n) is 6.27. The average molecular weight is 550 g/mol. The van der Waals surface area contributed by atoms with Gasteiger partial charge in [-0.25, -0.2) is 9.97 Å². The standard InChI is InChI=1S/C20H12Br2ClN5O2/c21-11-1-5-13(6-2-11)27(14-7-3-12(22)4-8-14)20-19(24)25-17-10-18(28(29)30)15(23)9-16(17)26-20/h1-10H,(H2,24,25). The quantitative estimate of drug-likeness (QED) is 0.223. The molecule has 7 nitrogen and oxygen atoms in total. The molecule has 1 heterocycles. The van der Waals surface area contributed by atoms with Crippen molar-refractivity contribution in [1.82, 2.24) is 9.97 Å². The fourth-order valence-corrected chi connectivity index (χ4v) is 3.70. The molecule has 0 saturated carbocycles. The average Bonchev–Trinajstić information content (AvgIpc) is 2.71. The van der Waals surface area contributed by atoms with Crippen LogP contribution in [0.25, 0.3) is 11.0 Å². The van der Waals surface area contributed by atoms with Gasteiger partial charge in [0.2, 0.25) is 0 Å². The monoisotopic (exact) mass is 547 g/mol. The molecule has 0 amide bonds. The maximum absolute atomic E-state index is 11.2. The first-order valence-corrected chi connectivity index (χ1v) is 10.5. The first kappa shape index (κ1) is 20.5. The van der Waals surface area contributed by atoms with Crippen LogP contribution >= 0.6 is 43.5 Å². The molecule has 150 valence electrons. The number of halogens is 3. The predicted molar refractivity (Wildman–Crippen MR) is 126 cm³/mol. The molecule has 10 heteroatoms. The Bertz CT molecular complexity index is 1220. The normalized spacial score (nSPS) is 10.9. The number of aromatic nitrogens is 2. The molecule has 0 unspecified atom stereocenters. The number of nitro benzene ring substituents is 1. The molecule has 3 aromatic carbocycles. The van der Waals surface area contributed by atoms with E-state index in [1.807, 2.05) is 53.4 Å². The van der Waals surface area contributed by atoms with Crippen LogP contribution in [0.15, 0.2) is 69.6 Å². The van der Waals surface area contributed by atoms with Gasteiger partial charge in [0.25, 0.3) is 5.69 Å². The van der Waals surface area contributed by atoms with Gasteiger partial charge in [-0.3, -0.25) is 15.0 Å². The van der Waals surface area contributed by atoms with Crippen LogP contribution in [0.5, 0.6) is 0 Å². The summed E-state index contributed by atoms with van der Waals surface area (Å²) < 4.78 is 1.86. The van der Waals surface area contributed by atoms with Crippen molar-refractivity contribution in [3.8, 4) is 0 Å². The second-order valence-corrected chi connectivity index (χ2v) is 8.51. The molecule has 2 N–H and O–H groups in total. The van der Waals surface area contributed by atoms with Crippen molar-refractivity contribution in [2.75, 3.05) is 10.6 Å². The van der Waals surface area contributed by atoms with Crippen molar-refractivity contribution in [2.45, 2.75) is 0 Å². The Morgan fingerprint density at radius 2 is 1.40 bits per heavy atom. The molecule has 0 atom stereocenters. The van der Waals surface area contributed by atoms with E-state index in [1.165, 1.54) is 12.1 Å². The molecular formula is C20H12Br2ClN5O2. The summed E-state index contributed by atoms with van der Waals surface area (Å²) in [5, 5.41) is 11.2. The fraction of sp³-hybridized carbons (Fsp3) is 0. The van der Waals surface area contributed by atoms with Gasteiger partial charge in [0.05, 0.1) is 16.0 Å². The van der Waals surface area contributed by atoms with Gasteiger partial charge < -0.3 is 5.73 Å². The summed E-state index contributed by atoms with van der Waals surface area (Å²) in [5.74, 6) is 0.516. The lowest BCUT2D eigenvalue weighted by Gasteiger charge is -2.25. The van der Waals surface area contributed by atoms with Gasteiger partial charge in [-0.1, -0.05) is 43.5 Å². The summed E-state index contributed by atoms with van der Waals surface area (Å²) in [6, 6.07) is 18.0. The smallest absolute Gasteiger partial charge is 0.290 e. The second kappa shape index (κ2) is 8.17. The Labute approximate surface area is 192 Å². The molecule has 4 aromatic rings. The van der Waals surface area contributed by atoms with Gasteiger partial charge in [0.1, 0.15) is 5.02 Å². The van der Waals surface area contributed by atoms with Gasteiger partial charge in [0, 0.05) is 26.4 Å². The first-order chi connectivity index (χ1) is 14.3. The maximum atomic E-state index is 11.2. The molecule has 30 heavy (non-hydrogen) atoms. The van der Waals surface area contributed by atoms with Gasteiger partial charge in [-0.05, 0) is 54.6 Å². The van der Waals surface area contributed by atoms with Crippen molar-refractivity contribution in [3.05, 3.63) is 84.7 Å². The number of anilines is 4. The number of nitro groups is 1. The highest BCUT2D eigenvalue weighted by Gasteiger charge is 2.21. The third kappa shape index (κ3) is 3.96. The molecule has 0 fully saturated rings. The van der Waals surface area contributed by atoms with Crippen molar-refractivity contribution >= 4 is 83.2 Å². The molecule has 0 aliphatic carbocycles. The minimum Gasteiger partial charge on any atom is -0.381 e. The van der Waals surface area contributed by atoms with Crippen LogP contribution in [0, 0.1) is 10.1 Å². The van der Waals surface area contributed by atoms with E-state index in [9.17, 15) is 10.1 Å². The zero-order valence-electron chi connectivity index (χ0n) is 15.1. The molecule has 0 radical (unpaired) electrons. The number of rotatable bonds is 4. The molecule has 0 spiro atoms. The number of fused-ring (bicyclic) bond motifs is 1. The van der Waals surface area contributed by atoms with E-state index in [4.69, 9.17) is 17.3 Å². The third-order valence-electron chi connectivity index (χ3n) is 4.32. The number of nitrogens with two attached hydrogens (primary N) is 1. The van der Waals surface area contributed by atoms with E-state index < -0.39 is 4.92 Å². The highest BCUT2D eigenvalue weighted by Crippen LogP contribution is 2.38. The van der Waals surface area contributed by atoms with Crippen LogP contribution in [-0.2, 0) is 0 Å². The van der Waals surface area contributed by atoms with Crippen molar-refractivity contribution in [2.24, 2.45) is 0 Å². The van der Waals surface area contributed by atoms with Crippen LogP contribution in [-0.4, -0.2) is 14.9 Å². The topological polar surface area (TPSA) is 98.2 Å². The summed E-state index contributed by atoms with van der Waals surface area (Å²) in [6.45, 7) is 0. The maximum Gasteiger partial charge on any atom is 0.290 e. The lowest BCUT2D eigenvalue weighted by Crippen LogP contribution is -2.15. The zero-order chi connectivity index (χ0) is 21.4. The predicted octanol–water partition coefficient (Wildman–Crippen LogP) is 6.77. The van der Waals surface area contributed by atoms with E-state index in [1.54, 1.807) is 0 Å². The third-order valence-corrected chi connectivity index (χ3v) is 5.68. The van der Waals surface area contributed by atoms with Gasteiger partial charge in [-0.15, -0.1) is 0 Å². The van der Waals surface area contributed by atoms with Crippen LogP contribution in [0.4, 0.5) is 28.7 Å². The largest absolute Gasteiger partial charge is 0.381 e. The number of nitrogens with zero attached hydrogens (tertiary/aromatic N) is 4. The van der Waals surface area contributed by atoms with Crippen LogP contribution in [0.2, 0.25) is 5.02 Å². The summed E-state index contributed by atoms with van der Waals surface area (Å²) in [6.07, 6.45) is 0. The highest BCUT2D eigenvalue weighted by molar-refractivity contribution is 9.10. The minimum absolute atomic E-state index is 0.0173. The molecule has 1 aromatic heterocycles. The number of hydrogen-bond acceptors (Lipinski definition) is 6. The Hall–Kier alpha value is -2.75. The Kier molecular flexibility index (Phi) is 5.59. The van der Waals surface area contributed by atoms with Crippen LogP contribution in [0.3, 0.4) is 0 Å². The van der Waals surface area contributed by atoms with Crippen LogP contribution < -0.4 is 10.6 Å². The van der Waals surface area contributed by atoms with E-state index in [2.05, 4.69) is 41.8 Å². The Balaban J connectivity index is 1.94. The molecular weight excluding hydrogens is 538 g/mol. The highest BCUT2D eigenvalue weighted by atomic mass is 79.9. The number of hydrogen-bond donors (Lipinski definition) is 1. The summed E-state index contributed by atoms with van der Waals surface area (Å²) in [4.78, 5) is 21.5. The van der Waals surface area contributed by atoms with E-state index in [0.29, 0.717) is 16.9 Å². The minimum atomic E-state index is -0.566. The lowest BCUT2D eigenvalue weighted by molar-refractivity contribution is -0.384. The molecule has 0 aliphatic rings. The molecule has 0 aliphatic heterocycles. The van der Waals surface area contributed by atoms with Gasteiger partial charge >= 0.3 is 0 Å². The molecule has 4 rings (SSSR count). The molecule has 0 saturated heterocycles. The SMILES string of the molecule is Nc1nc2cc([N+](=O)[O-])c(Cl)cc2nc1N(c1ccc(Br)cc1)c1ccc(Br)cc1. The van der Waals surface area contributed by atoms with Gasteiger partial charge in [-0.2, -0.15) is 0 Å². The Morgan fingerprint density at radius 1 is 0.900 bits per heavy atom. The van der Waals surface area contributed by atoms with E-state index >= 15 is 0 Å². The number of nitrogen functional groups attached to an aromatic ring is 1. The zero-order valence-corrected chi connectivity index (χ0v) is 19.0. The van der Waals surface area contributed by atoms with Crippen LogP contribution in [0.1, 0.15) is 0 Å². The van der Waals surface area contributed by atoms with Gasteiger partial charge in [0.15, 0.2) is 11.6 Å². The molecule has 0 bridgehead atoms.